The third-order valence-corrected chi connectivity index (χ3v) is 2.88. The van der Waals surface area contributed by atoms with Gasteiger partial charge in [-0.3, -0.25) is 5.10 Å². The molecular formula is C10H11N3OS. The number of nitrogens with one attached hydrogen (secondary N) is 1. The zero-order valence-corrected chi connectivity index (χ0v) is 9.12. The number of para-hydroxylation sites is 1. The van der Waals surface area contributed by atoms with Crippen molar-refractivity contribution in [2.24, 2.45) is 0 Å². The fourth-order valence-corrected chi connectivity index (χ4v) is 2.00. The van der Waals surface area contributed by atoms with E-state index >= 15 is 0 Å². The van der Waals surface area contributed by atoms with Gasteiger partial charge in [0, 0.05) is 11.3 Å². The topological polar surface area (TPSA) is 50.8 Å². The van der Waals surface area contributed by atoms with Crippen LogP contribution in [-0.4, -0.2) is 22.3 Å². The van der Waals surface area contributed by atoms with Crippen molar-refractivity contribution in [3.63, 3.8) is 0 Å². The van der Waals surface area contributed by atoms with Gasteiger partial charge in [-0.05, 0) is 6.07 Å². The van der Waals surface area contributed by atoms with Crippen molar-refractivity contribution >= 4 is 11.8 Å². The predicted molar refractivity (Wildman–Crippen MR) is 58.9 cm³/mol. The summed E-state index contributed by atoms with van der Waals surface area (Å²) in [6, 6.07) is 7.96. The minimum atomic E-state index is 0.819. The Morgan fingerprint density at radius 1 is 1.40 bits per heavy atom. The summed E-state index contributed by atoms with van der Waals surface area (Å²) >= 11 is 1.60. The van der Waals surface area contributed by atoms with E-state index in [1.807, 2.05) is 24.3 Å². The van der Waals surface area contributed by atoms with Crippen LogP contribution < -0.4 is 4.74 Å². The summed E-state index contributed by atoms with van der Waals surface area (Å²) in [5.41, 5.74) is 1.15. The van der Waals surface area contributed by atoms with E-state index in [0.717, 1.165) is 22.2 Å². The fourth-order valence-electron chi connectivity index (χ4n) is 1.23. The van der Waals surface area contributed by atoms with Gasteiger partial charge in [-0.15, -0.1) is 0 Å². The Morgan fingerprint density at radius 2 is 2.27 bits per heavy atom. The molecule has 15 heavy (non-hydrogen) atoms. The van der Waals surface area contributed by atoms with Crippen molar-refractivity contribution in [2.45, 2.75) is 10.9 Å². The van der Waals surface area contributed by atoms with E-state index in [4.69, 9.17) is 4.74 Å². The molecule has 4 nitrogen and oxygen atoms in total. The Morgan fingerprint density at radius 3 is 3.00 bits per heavy atom. The largest absolute Gasteiger partial charge is 0.496 e. The molecule has 0 bridgehead atoms. The van der Waals surface area contributed by atoms with Crippen molar-refractivity contribution < 1.29 is 4.74 Å². The fraction of sp³-hybridized carbons (Fsp3) is 0.200. The van der Waals surface area contributed by atoms with E-state index in [1.54, 1.807) is 18.9 Å². The number of H-pyrrole nitrogens is 1. The average molecular weight is 221 g/mol. The third-order valence-electron chi connectivity index (χ3n) is 1.95. The molecule has 0 unspecified atom stereocenters. The number of hydrogen-bond acceptors (Lipinski definition) is 4. The number of hydrogen-bond donors (Lipinski definition) is 1. The summed E-state index contributed by atoms with van der Waals surface area (Å²) in [5, 5.41) is 7.42. The standard InChI is InChI=1S/C10H11N3OS/c1-14-9-5-3-2-4-8(9)6-15-10-11-7-12-13-10/h2-5,7H,6H2,1H3,(H,11,12,13). The van der Waals surface area contributed by atoms with Crippen molar-refractivity contribution in [3.8, 4) is 5.75 Å². The molecule has 2 aromatic rings. The van der Waals surface area contributed by atoms with Crippen LogP contribution in [0.3, 0.4) is 0 Å². The van der Waals surface area contributed by atoms with Gasteiger partial charge < -0.3 is 4.74 Å². The molecule has 0 amide bonds. The van der Waals surface area contributed by atoms with Crippen molar-refractivity contribution in [1.29, 1.82) is 0 Å². The maximum Gasteiger partial charge on any atom is 0.183 e. The number of methoxy groups -OCH3 is 1. The maximum atomic E-state index is 5.26. The molecule has 5 heteroatoms. The van der Waals surface area contributed by atoms with E-state index in [9.17, 15) is 0 Å². The minimum Gasteiger partial charge on any atom is -0.496 e. The third kappa shape index (κ3) is 2.50. The van der Waals surface area contributed by atoms with Crippen molar-refractivity contribution in [1.82, 2.24) is 15.2 Å². The van der Waals surface area contributed by atoms with Crippen LogP contribution in [0.15, 0.2) is 35.7 Å². The Bertz CT molecular complexity index is 416. The first-order valence-corrected chi connectivity index (χ1v) is 5.49. The molecule has 0 radical (unpaired) electrons. The molecule has 0 aliphatic heterocycles. The Kier molecular flexibility index (Phi) is 3.24. The maximum absolute atomic E-state index is 5.26. The molecule has 0 atom stereocenters. The van der Waals surface area contributed by atoms with Gasteiger partial charge in [0.25, 0.3) is 0 Å². The molecule has 1 aromatic carbocycles. The zero-order valence-electron chi connectivity index (χ0n) is 8.30. The first kappa shape index (κ1) is 10.0. The molecule has 0 saturated heterocycles. The number of aromatic amines is 1. The number of rotatable bonds is 4. The van der Waals surface area contributed by atoms with E-state index in [1.165, 1.54) is 6.33 Å². The van der Waals surface area contributed by atoms with Crippen molar-refractivity contribution in [3.05, 3.63) is 36.2 Å². The van der Waals surface area contributed by atoms with Crippen LogP contribution in [0.25, 0.3) is 0 Å². The number of thioether (sulfide) groups is 1. The average Bonchev–Trinajstić information content (AvgIpc) is 2.79. The first-order valence-electron chi connectivity index (χ1n) is 4.50. The molecule has 0 aliphatic rings. The second kappa shape index (κ2) is 4.84. The van der Waals surface area contributed by atoms with E-state index in [-0.39, 0.29) is 0 Å². The van der Waals surface area contributed by atoms with Gasteiger partial charge in [0.1, 0.15) is 12.1 Å². The SMILES string of the molecule is COc1ccccc1CSc1ncn[nH]1. The van der Waals surface area contributed by atoms with Gasteiger partial charge in [-0.2, -0.15) is 5.10 Å². The highest BCUT2D eigenvalue weighted by Gasteiger charge is 2.03. The van der Waals surface area contributed by atoms with Gasteiger partial charge in [-0.1, -0.05) is 30.0 Å². The quantitative estimate of drug-likeness (QED) is 0.803. The Labute approximate surface area is 92.1 Å². The van der Waals surface area contributed by atoms with Gasteiger partial charge in [0.2, 0.25) is 0 Å². The molecule has 0 aliphatic carbocycles. The minimum absolute atomic E-state index is 0.819. The number of ether oxygens (including phenoxy) is 1. The highest BCUT2D eigenvalue weighted by atomic mass is 32.2. The smallest absolute Gasteiger partial charge is 0.183 e. The Hall–Kier alpha value is -1.49. The molecule has 0 fully saturated rings. The molecular weight excluding hydrogens is 210 g/mol. The molecule has 0 saturated carbocycles. The van der Waals surface area contributed by atoms with E-state index in [2.05, 4.69) is 15.2 Å². The molecule has 78 valence electrons. The van der Waals surface area contributed by atoms with Crippen LogP contribution >= 0.6 is 11.8 Å². The van der Waals surface area contributed by atoms with Crippen molar-refractivity contribution in [2.75, 3.05) is 7.11 Å². The summed E-state index contributed by atoms with van der Waals surface area (Å²) < 4.78 is 5.26. The normalized spacial score (nSPS) is 10.2. The van der Waals surface area contributed by atoms with Gasteiger partial charge >= 0.3 is 0 Å². The van der Waals surface area contributed by atoms with Gasteiger partial charge in [0.05, 0.1) is 7.11 Å². The Balaban J connectivity index is 2.04. The lowest BCUT2D eigenvalue weighted by Gasteiger charge is -2.06. The lowest BCUT2D eigenvalue weighted by molar-refractivity contribution is 0.411. The number of benzene rings is 1. The summed E-state index contributed by atoms with van der Waals surface area (Å²) in [6.07, 6.45) is 1.50. The highest BCUT2D eigenvalue weighted by molar-refractivity contribution is 7.98. The van der Waals surface area contributed by atoms with Crippen LogP contribution in [-0.2, 0) is 5.75 Å². The second-order valence-electron chi connectivity index (χ2n) is 2.89. The lowest BCUT2D eigenvalue weighted by atomic mass is 10.2. The van der Waals surface area contributed by atoms with Gasteiger partial charge in [0.15, 0.2) is 5.16 Å². The van der Waals surface area contributed by atoms with Crippen LogP contribution in [0.4, 0.5) is 0 Å². The monoisotopic (exact) mass is 221 g/mol. The van der Waals surface area contributed by atoms with Gasteiger partial charge in [-0.25, -0.2) is 4.98 Å². The summed E-state index contributed by atoms with van der Waals surface area (Å²) in [4.78, 5) is 4.04. The molecule has 1 heterocycles. The predicted octanol–water partition coefficient (Wildman–Crippen LogP) is 2.11. The van der Waals surface area contributed by atoms with E-state index in [0.29, 0.717) is 0 Å². The first-order chi connectivity index (χ1) is 7.40. The highest BCUT2D eigenvalue weighted by Crippen LogP contribution is 2.25. The molecule has 1 N–H and O–H groups in total. The summed E-state index contributed by atoms with van der Waals surface area (Å²) in [7, 11) is 1.68. The zero-order chi connectivity index (χ0) is 10.5. The summed E-state index contributed by atoms with van der Waals surface area (Å²) in [6.45, 7) is 0. The molecule has 1 aromatic heterocycles. The van der Waals surface area contributed by atoms with Crippen LogP contribution in [0, 0.1) is 0 Å². The second-order valence-corrected chi connectivity index (χ2v) is 3.86. The summed E-state index contributed by atoms with van der Waals surface area (Å²) in [5.74, 6) is 1.73. The lowest BCUT2D eigenvalue weighted by Crippen LogP contribution is -1.89. The number of aromatic nitrogens is 3. The molecule has 2 rings (SSSR count). The number of nitrogens with zero attached hydrogens (tertiary/aromatic N) is 2. The van der Waals surface area contributed by atoms with Crippen LogP contribution in [0.5, 0.6) is 5.75 Å². The van der Waals surface area contributed by atoms with Crippen LogP contribution in [0.1, 0.15) is 5.56 Å². The molecule has 0 spiro atoms. The van der Waals surface area contributed by atoms with Crippen LogP contribution in [0.2, 0.25) is 0 Å². The van der Waals surface area contributed by atoms with E-state index < -0.39 is 0 Å².